The van der Waals surface area contributed by atoms with Crippen molar-refractivity contribution in [2.24, 2.45) is 0 Å². The van der Waals surface area contributed by atoms with Crippen LogP contribution in [0.2, 0.25) is 5.02 Å². The molecule has 1 N–H and O–H groups in total. The van der Waals surface area contributed by atoms with Crippen LogP contribution in [0.15, 0.2) is 71.5 Å². The first-order chi connectivity index (χ1) is 28.8. The van der Waals surface area contributed by atoms with Crippen LogP contribution in [0, 0.1) is 12.9 Å². The number of aliphatic carboxylic acids is 1. The monoisotopic (exact) mass is 866 g/mol. The number of para-hydroxylation sites is 1. The van der Waals surface area contributed by atoms with E-state index in [0.717, 1.165) is 80.4 Å². The maximum absolute atomic E-state index is 16.7. The fourth-order valence-electron chi connectivity index (χ4n) is 6.45. The Hall–Kier alpha value is -5.37. The molecule has 0 unspecified atom stereocenters. The number of carboxylic acid groups (broad SMARTS) is 1. The van der Waals surface area contributed by atoms with Gasteiger partial charge in [-0.1, -0.05) is 29.8 Å². The van der Waals surface area contributed by atoms with Gasteiger partial charge in [0, 0.05) is 50.6 Å². The van der Waals surface area contributed by atoms with Gasteiger partial charge < -0.3 is 28.6 Å². The molecular formula is C39H35ClF6N6O6S. The summed E-state index contributed by atoms with van der Waals surface area (Å²) in [5.74, 6) is -7.88. The zero-order valence-electron chi connectivity index (χ0n) is 33.1. The average molecular weight is 867 g/mol. The number of rotatable bonds is 15. The third-order valence-corrected chi connectivity index (χ3v) is 11.1. The van der Waals surface area contributed by atoms with E-state index in [1.807, 2.05) is 0 Å². The van der Waals surface area contributed by atoms with Gasteiger partial charge in [0.05, 0.1) is 29.3 Å². The topological polar surface area (TPSA) is 128 Å². The number of hydrogen-bond acceptors (Lipinski definition) is 11. The number of piperazine rings is 1. The first-order valence-corrected chi connectivity index (χ1v) is 19.0. The molecule has 0 spiro atoms. The van der Waals surface area contributed by atoms with Crippen LogP contribution in [0.4, 0.5) is 26.3 Å². The number of fused-ring (bicyclic) bond motifs is 1. The predicted molar refractivity (Wildman–Crippen MR) is 205 cm³/mol. The number of likely N-dealkylation sites (N-methyl/N-ethyl adjacent to an activating group) is 1. The van der Waals surface area contributed by atoms with Crippen molar-refractivity contribution in [1.82, 2.24) is 29.5 Å². The van der Waals surface area contributed by atoms with Crippen LogP contribution < -0.4 is 14.2 Å². The van der Waals surface area contributed by atoms with Gasteiger partial charge in [0.2, 0.25) is 5.88 Å². The number of carboxylic acids is 1. The third-order valence-electron chi connectivity index (χ3n) is 9.47. The second-order valence-electron chi connectivity index (χ2n) is 13.5. The summed E-state index contributed by atoms with van der Waals surface area (Å²) in [5.41, 5.74) is -0.929. The summed E-state index contributed by atoms with van der Waals surface area (Å²) in [6.45, 7) is 1.39. The summed E-state index contributed by atoms with van der Waals surface area (Å²) in [6.07, 6.45) is -6.06. The standard InChI is InChI=1S/C39H35ClF6N6O6S/c1-22-24(7-8-27(32(22)40)55-18-17-51-15-13-50(2)14-16-51)30-31-35(47-21-48-36(31)59-33(30)28-9-10-29(41)57-28)58-34(37(53)54)39(45,46)25-5-3-4-6-26(25)56-19-23-11-12-49-52(23)20-38(42,43)44/h3-12,21,34H,13-20H2,1-2H3,(H,53,54)/t34-/m1/s1/i19D2. The van der Waals surface area contributed by atoms with Crippen LogP contribution in [-0.4, -0.2) is 99.3 Å². The van der Waals surface area contributed by atoms with Crippen molar-refractivity contribution in [3.8, 4) is 39.1 Å². The van der Waals surface area contributed by atoms with Crippen molar-refractivity contribution in [3.05, 3.63) is 95.0 Å². The number of halogens is 7. The minimum absolute atomic E-state index is 0.0153. The number of aromatic nitrogens is 4. The lowest BCUT2D eigenvalue weighted by atomic mass is 9.97. The molecule has 312 valence electrons. The third kappa shape index (κ3) is 9.12. The maximum atomic E-state index is 16.7. The summed E-state index contributed by atoms with van der Waals surface area (Å²) in [7, 11) is 2.06. The Morgan fingerprint density at radius 1 is 1.03 bits per heavy atom. The number of alkyl halides is 5. The van der Waals surface area contributed by atoms with Gasteiger partial charge in [0.25, 0.3) is 12.1 Å². The highest BCUT2D eigenvalue weighted by atomic mass is 35.5. The molecule has 5 heterocycles. The van der Waals surface area contributed by atoms with Gasteiger partial charge in [0.15, 0.2) is 0 Å². The zero-order chi connectivity index (χ0) is 43.9. The van der Waals surface area contributed by atoms with E-state index in [9.17, 15) is 27.5 Å². The van der Waals surface area contributed by atoms with E-state index in [0.29, 0.717) is 30.0 Å². The molecule has 4 aromatic heterocycles. The van der Waals surface area contributed by atoms with Crippen molar-refractivity contribution in [3.63, 3.8) is 0 Å². The molecule has 59 heavy (non-hydrogen) atoms. The van der Waals surface area contributed by atoms with Crippen LogP contribution >= 0.6 is 22.9 Å². The number of benzene rings is 2. The van der Waals surface area contributed by atoms with Crippen molar-refractivity contribution >= 4 is 39.1 Å². The van der Waals surface area contributed by atoms with Gasteiger partial charge >= 0.3 is 18.1 Å². The van der Waals surface area contributed by atoms with Crippen LogP contribution in [0.3, 0.4) is 0 Å². The Balaban J connectivity index is 1.25. The second kappa shape index (κ2) is 17.1. The molecule has 1 fully saturated rings. The molecule has 12 nitrogen and oxygen atoms in total. The van der Waals surface area contributed by atoms with Gasteiger partial charge in [-0.15, -0.1) is 11.3 Å². The number of ether oxygens (including phenoxy) is 3. The van der Waals surface area contributed by atoms with Gasteiger partial charge in [-0.3, -0.25) is 9.58 Å². The summed E-state index contributed by atoms with van der Waals surface area (Å²) in [4.78, 5) is 26.0. The number of furan rings is 1. The summed E-state index contributed by atoms with van der Waals surface area (Å²) < 4.78 is 127. The van der Waals surface area contributed by atoms with Crippen molar-refractivity contribution < 1.29 is 57.6 Å². The highest BCUT2D eigenvalue weighted by Crippen LogP contribution is 2.50. The summed E-state index contributed by atoms with van der Waals surface area (Å²) in [5, 5.41) is 13.9. The lowest BCUT2D eigenvalue weighted by Crippen LogP contribution is -2.45. The molecule has 6 aromatic rings. The summed E-state index contributed by atoms with van der Waals surface area (Å²) in [6, 6.07) is 9.52. The number of thiophene rings is 1. The Labute approximate surface area is 344 Å². The Morgan fingerprint density at radius 3 is 2.51 bits per heavy atom. The van der Waals surface area contributed by atoms with Crippen molar-refractivity contribution in [1.29, 1.82) is 0 Å². The maximum Gasteiger partial charge on any atom is 0.408 e. The predicted octanol–water partition coefficient (Wildman–Crippen LogP) is 8.31. The van der Waals surface area contributed by atoms with E-state index in [1.165, 1.54) is 12.1 Å². The lowest BCUT2D eigenvalue weighted by molar-refractivity contribution is -0.169. The van der Waals surface area contributed by atoms with E-state index in [2.05, 4.69) is 31.9 Å². The second-order valence-corrected chi connectivity index (χ2v) is 14.8. The van der Waals surface area contributed by atoms with Gasteiger partial charge in [-0.2, -0.15) is 31.4 Å². The molecule has 0 amide bonds. The van der Waals surface area contributed by atoms with Crippen LogP contribution in [-0.2, 0) is 23.8 Å². The first-order valence-electron chi connectivity index (χ1n) is 18.8. The Kier molecular flexibility index (Phi) is 11.3. The molecule has 20 heteroatoms. The van der Waals surface area contributed by atoms with E-state index < -0.39 is 66.2 Å². The van der Waals surface area contributed by atoms with Gasteiger partial charge in [-0.05, 0) is 55.4 Å². The molecule has 2 aromatic carbocycles. The fraction of sp³-hybridized carbons (Fsp3) is 0.333. The van der Waals surface area contributed by atoms with E-state index in [-0.39, 0.29) is 36.1 Å². The van der Waals surface area contributed by atoms with Crippen LogP contribution in [0.5, 0.6) is 17.4 Å². The van der Waals surface area contributed by atoms with E-state index in [1.54, 1.807) is 19.1 Å². The fourth-order valence-corrected chi connectivity index (χ4v) is 7.78. The molecule has 1 aliphatic rings. The first kappa shape index (κ1) is 39.1. The average Bonchev–Trinajstić information content (AvgIpc) is 3.94. The number of nitrogens with zero attached hydrogens (tertiary/aromatic N) is 6. The molecule has 0 bridgehead atoms. The van der Waals surface area contributed by atoms with E-state index in [4.69, 9.17) is 33.0 Å². The summed E-state index contributed by atoms with van der Waals surface area (Å²) >= 11 is 7.83. The minimum atomic E-state index is -4.81. The highest BCUT2D eigenvalue weighted by molar-refractivity contribution is 7.22. The quantitative estimate of drug-likeness (QED) is 0.100. The highest BCUT2D eigenvalue weighted by Gasteiger charge is 2.51. The SMILES string of the molecule is [2H]C([2H])(Oc1ccccc1C(F)(F)[C@H](Oc1ncnc2sc(-c3ccc(F)o3)c(-c3ccc(OCCN4CCN(C)CC4)c(Cl)c3C)c12)C(=O)O)c1ccnn1CC(F)(F)F. The number of hydrogen-bond donors (Lipinski definition) is 1. The molecular weight excluding hydrogens is 830 g/mol. The normalized spacial score (nSPS) is 15.5. The van der Waals surface area contributed by atoms with Gasteiger partial charge in [-0.25, -0.2) is 14.8 Å². The van der Waals surface area contributed by atoms with Crippen molar-refractivity contribution in [2.45, 2.75) is 38.2 Å². The van der Waals surface area contributed by atoms with Gasteiger partial charge in [0.1, 0.15) is 48.1 Å². The molecule has 7 rings (SSSR count). The Bertz CT molecular complexity index is 2550. The minimum Gasteiger partial charge on any atom is -0.491 e. The van der Waals surface area contributed by atoms with Crippen molar-refractivity contribution in [2.75, 3.05) is 46.4 Å². The van der Waals surface area contributed by atoms with Crippen LogP contribution in [0.1, 0.15) is 19.6 Å². The largest absolute Gasteiger partial charge is 0.491 e. The molecule has 0 radical (unpaired) electrons. The lowest BCUT2D eigenvalue weighted by Gasteiger charge is -2.32. The number of carbonyl (C=O) groups is 1. The van der Waals surface area contributed by atoms with Crippen LogP contribution in [0.25, 0.3) is 32.0 Å². The Morgan fingerprint density at radius 2 is 1.80 bits per heavy atom. The smallest absolute Gasteiger partial charge is 0.408 e. The molecule has 1 aliphatic heterocycles. The van der Waals surface area contributed by atoms with E-state index >= 15 is 8.78 Å². The molecule has 0 saturated carbocycles. The molecule has 0 aliphatic carbocycles. The molecule has 1 atom stereocenters. The zero-order valence-corrected chi connectivity index (χ0v) is 32.7. The molecule has 1 saturated heterocycles.